The van der Waals surface area contributed by atoms with E-state index in [4.69, 9.17) is 11.6 Å². The average molecular weight is 274 g/mol. The molecule has 0 spiro atoms. The summed E-state index contributed by atoms with van der Waals surface area (Å²) < 4.78 is 13.7. The van der Waals surface area contributed by atoms with Crippen LogP contribution in [0.1, 0.15) is 27.0 Å². The summed E-state index contributed by atoms with van der Waals surface area (Å²) >= 11 is 5.87. The number of carbonyl (C=O) groups excluding carboxylic acids is 1. The molecule has 0 unspecified atom stereocenters. The van der Waals surface area contributed by atoms with E-state index < -0.39 is 0 Å². The van der Waals surface area contributed by atoms with Crippen molar-refractivity contribution in [3.05, 3.63) is 63.7 Å². The van der Waals surface area contributed by atoms with Crippen LogP contribution in [0, 0.1) is 5.82 Å². The molecule has 1 aliphatic rings. The van der Waals surface area contributed by atoms with Gasteiger partial charge in [0.1, 0.15) is 11.0 Å². The Kier molecular flexibility index (Phi) is 2.91. The van der Waals surface area contributed by atoms with Crippen LogP contribution in [0.25, 0.3) is 11.6 Å². The second-order valence-electron chi connectivity index (χ2n) is 4.37. The van der Waals surface area contributed by atoms with E-state index in [0.29, 0.717) is 28.3 Å². The minimum absolute atomic E-state index is 0.250. The quantitative estimate of drug-likeness (QED) is 0.616. The van der Waals surface area contributed by atoms with Gasteiger partial charge in [0.05, 0.1) is 0 Å². The van der Waals surface area contributed by atoms with Crippen LogP contribution in [-0.2, 0) is 6.42 Å². The van der Waals surface area contributed by atoms with Crippen LogP contribution in [0.4, 0.5) is 4.39 Å². The predicted molar refractivity (Wildman–Crippen MR) is 72.6 cm³/mol. The molecule has 0 atom stereocenters. The average Bonchev–Trinajstić information content (AvgIpc) is 2.84. The molecule has 0 radical (unpaired) electrons. The third kappa shape index (κ3) is 2.06. The zero-order valence-electron chi connectivity index (χ0n) is 9.86. The summed E-state index contributed by atoms with van der Waals surface area (Å²) in [5.41, 5.74) is 3.56. The van der Waals surface area contributed by atoms with Crippen LogP contribution in [0.5, 0.6) is 0 Å². The van der Waals surface area contributed by atoms with E-state index in [9.17, 15) is 9.18 Å². The number of aldehydes is 1. The van der Waals surface area contributed by atoms with Crippen LogP contribution >= 0.6 is 11.6 Å². The number of hydrogen-bond donors (Lipinski definition) is 0. The van der Waals surface area contributed by atoms with Gasteiger partial charge < -0.3 is 0 Å². The Hall–Kier alpha value is -2.00. The third-order valence-electron chi connectivity index (χ3n) is 3.22. The Morgan fingerprint density at radius 2 is 2.21 bits per heavy atom. The molecule has 1 aromatic heterocycles. The Bertz CT molecular complexity index is 709. The van der Waals surface area contributed by atoms with Crippen molar-refractivity contribution in [1.29, 1.82) is 0 Å². The highest BCUT2D eigenvalue weighted by atomic mass is 35.5. The van der Waals surface area contributed by atoms with Gasteiger partial charge in [0.25, 0.3) is 0 Å². The van der Waals surface area contributed by atoms with Crippen LogP contribution in [0.3, 0.4) is 0 Å². The first kappa shape index (κ1) is 12.1. The van der Waals surface area contributed by atoms with E-state index in [1.54, 1.807) is 18.2 Å². The van der Waals surface area contributed by atoms with Crippen molar-refractivity contribution in [3.8, 4) is 0 Å². The van der Waals surface area contributed by atoms with Crippen LogP contribution in [0.15, 0.2) is 30.5 Å². The molecule has 2 aromatic rings. The van der Waals surface area contributed by atoms with E-state index in [1.807, 2.05) is 6.07 Å². The highest BCUT2D eigenvalue weighted by Crippen LogP contribution is 2.34. The molecule has 1 heterocycles. The maximum absolute atomic E-state index is 13.7. The molecule has 94 valence electrons. The third-order valence-corrected chi connectivity index (χ3v) is 3.42. The number of benzene rings is 1. The molecule has 0 amide bonds. The molecule has 0 saturated heterocycles. The molecule has 3 rings (SSSR count). The van der Waals surface area contributed by atoms with Gasteiger partial charge in [0.2, 0.25) is 0 Å². The van der Waals surface area contributed by atoms with Gasteiger partial charge in [-0.1, -0.05) is 23.7 Å². The van der Waals surface area contributed by atoms with E-state index in [1.165, 1.54) is 12.3 Å². The number of nitrogens with zero attached hydrogens (tertiary/aromatic N) is 1. The zero-order valence-corrected chi connectivity index (χ0v) is 10.6. The summed E-state index contributed by atoms with van der Waals surface area (Å²) in [7, 11) is 0. The van der Waals surface area contributed by atoms with Crippen LogP contribution in [0.2, 0.25) is 5.15 Å². The molecule has 0 bridgehead atoms. The zero-order chi connectivity index (χ0) is 13.4. The van der Waals surface area contributed by atoms with Gasteiger partial charge in [-0.15, -0.1) is 0 Å². The summed E-state index contributed by atoms with van der Waals surface area (Å²) in [6, 6.07) is 6.63. The lowest BCUT2D eigenvalue weighted by molar-refractivity contribution is 0.112. The number of carbonyl (C=O) groups is 1. The monoisotopic (exact) mass is 273 g/mol. The Morgan fingerprint density at radius 1 is 1.37 bits per heavy atom. The van der Waals surface area contributed by atoms with Crippen molar-refractivity contribution in [2.75, 3.05) is 0 Å². The Morgan fingerprint density at radius 3 is 2.95 bits per heavy atom. The smallest absolute Gasteiger partial charge is 0.152 e. The second kappa shape index (κ2) is 4.59. The first-order chi connectivity index (χ1) is 9.19. The Balaban J connectivity index is 2.12. The molecular weight excluding hydrogens is 265 g/mol. The molecule has 0 fully saturated rings. The van der Waals surface area contributed by atoms with Gasteiger partial charge in [-0.25, -0.2) is 9.37 Å². The molecular formula is C15H9ClFNO. The van der Waals surface area contributed by atoms with E-state index in [0.717, 1.165) is 17.4 Å². The molecule has 1 aromatic carbocycles. The van der Waals surface area contributed by atoms with Gasteiger partial charge in [0, 0.05) is 17.3 Å². The van der Waals surface area contributed by atoms with Crippen molar-refractivity contribution in [2.24, 2.45) is 0 Å². The fourth-order valence-corrected chi connectivity index (χ4v) is 2.47. The fraction of sp³-hybridized carbons (Fsp3) is 0.0667. The van der Waals surface area contributed by atoms with Crippen molar-refractivity contribution in [3.63, 3.8) is 0 Å². The lowest BCUT2D eigenvalue weighted by Gasteiger charge is -2.05. The standard InChI is InChI=1S/C15H9ClFNO/c16-15-6-12(11(8-19)7-18-15)10-4-9-2-1-3-14(17)13(9)5-10/h1-3,5-8H,4H2. The molecule has 2 nitrogen and oxygen atoms in total. The van der Waals surface area contributed by atoms with Gasteiger partial charge in [-0.2, -0.15) is 0 Å². The molecule has 19 heavy (non-hydrogen) atoms. The fourth-order valence-electron chi connectivity index (χ4n) is 2.31. The molecule has 4 heteroatoms. The first-order valence-corrected chi connectivity index (χ1v) is 6.16. The molecule has 1 aliphatic carbocycles. The highest BCUT2D eigenvalue weighted by Gasteiger charge is 2.19. The van der Waals surface area contributed by atoms with Gasteiger partial charge in [0.15, 0.2) is 6.29 Å². The van der Waals surface area contributed by atoms with Crippen LogP contribution in [-0.4, -0.2) is 11.3 Å². The Labute approximate surface area is 114 Å². The number of rotatable bonds is 2. The minimum atomic E-state index is -0.250. The lowest BCUT2D eigenvalue weighted by atomic mass is 10.0. The summed E-state index contributed by atoms with van der Waals surface area (Å²) in [6.07, 6.45) is 4.53. The predicted octanol–water partition coefficient (Wildman–Crippen LogP) is 3.78. The topological polar surface area (TPSA) is 30.0 Å². The summed E-state index contributed by atoms with van der Waals surface area (Å²) in [5.74, 6) is -0.250. The molecule has 0 saturated carbocycles. The SMILES string of the molecule is O=Cc1cnc(Cl)cc1C1=Cc2c(F)cccc2C1. The van der Waals surface area contributed by atoms with Gasteiger partial charge >= 0.3 is 0 Å². The van der Waals surface area contributed by atoms with Crippen molar-refractivity contribution in [1.82, 2.24) is 4.98 Å². The van der Waals surface area contributed by atoms with Gasteiger partial charge in [-0.05, 0) is 41.3 Å². The second-order valence-corrected chi connectivity index (χ2v) is 4.76. The van der Waals surface area contributed by atoms with Crippen molar-refractivity contribution < 1.29 is 9.18 Å². The van der Waals surface area contributed by atoms with Gasteiger partial charge in [-0.3, -0.25) is 4.79 Å². The summed E-state index contributed by atoms with van der Waals surface area (Å²) in [4.78, 5) is 14.9. The van der Waals surface area contributed by atoms with Crippen molar-refractivity contribution >= 4 is 29.5 Å². The first-order valence-electron chi connectivity index (χ1n) is 5.78. The lowest BCUT2D eigenvalue weighted by Crippen LogP contribution is -1.94. The number of allylic oxidation sites excluding steroid dienone is 1. The molecule has 0 aliphatic heterocycles. The maximum Gasteiger partial charge on any atom is 0.152 e. The number of hydrogen-bond acceptors (Lipinski definition) is 2. The van der Waals surface area contributed by atoms with E-state index in [2.05, 4.69) is 4.98 Å². The maximum atomic E-state index is 13.7. The summed E-state index contributed by atoms with van der Waals surface area (Å²) in [5, 5.41) is 0.318. The summed E-state index contributed by atoms with van der Waals surface area (Å²) in [6.45, 7) is 0. The molecule has 0 N–H and O–H groups in total. The van der Waals surface area contributed by atoms with E-state index >= 15 is 0 Å². The minimum Gasteiger partial charge on any atom is -0.298 e. The van der Waals surface area contributed by atoms with E-state index in [-0.39, 0.29) is 5.82 Å². The van der Waals surface area contributed by atoms with Crippen LogP contribution < -0.4 is 0 Å². The normalized spacial score (nSPS) is 13.1. The number of halogens is 2. The largest absolute Gasteiger partial charge is 0.298 e. The highest BCUT2D eigenvalue weighted by molar-refractivity contribution is 6.29. The number of pyridine rings is 1. The van der Waals surface area contributed by atoms with Crippen molar-refractivity contribution in [2.45, 2.75) is 6.42 Å². The number of aromatic nitrogens is 1. The number of fused-ring (bicyclic) bond motifs is 1.